The van der Waals surface area contributed by atoms with Crippen LogP contribution in [0.5, 0.6) is 0 Å². The highest BCUT2D eigenvalue weighted by Crippen LogP contribution is 2.68. The number of hydrogen-bond donors (Lipinski definition) is 1. The van der Waals surface area contributed by atoms with Gasteiger partial charge in [0.25, 0.3) is 0 Å². The number of benzene rings is 1. The summed E-state index contributed by atoms with van der Waals surface area (Å²) in [5.74, 6) is 0.542. The predicted octanol–water partition coefficient (Wildman–Crippen LogP) is 9.09. The monoisotopic (exact) mass is 754 g/mol. The first-order valence-electron chi connectivity index (χ1n) is 20.0. The van der Waals surface area contributed by atoms with Gasteiger partial charge in [0.1, 0.15) is 18.4 Å². The summed E-state index contributed by atoms with van der Waals surface area (Å²) in [4.78, 5) is 27.7. The number of carbonyl (C=O) groups is 2. The second-order valence-corrected chi connectivity index (χ2v) is 22.7. The van der Waals surface area contributed by atoms with Gasteiger partial charge in [0.2, 0.25) is 0 Å². The van der Waals surface area contributed by atoms with E-state index >= 15 is 0 Å². The maximum atomic E-state index is 13.9. The van der Waals surface area contributed by atoms with Crippen molar-refractivity contribution in [2.75, 3.05) is 17.9 Å². The number of aliphatic hydroxyl groups excluding tert-OH is 1. The average Bonchev–Trinajstić information content (AvgIpc) is 3.71. The SMILES string of the molecule is C=C[C@]1(C)C[C@@H](OC(=O)CSC2CC3CCC(C2)[N+]3(C)Cc2cccc(CC[C@@H]3SCSC3C)c2)[C@]2(C)C(C)CCC3(CCC(=O)[C@H]32)[C@@H](C)[C@@H]1O. The Balaban J connectivity index is 0.997. The zero-order valence-corrected chi connectivity index (χ0v) is 34.6. The summed E-state index contributed by atoms with van der Waals surface area (Å²) in [7, 11) is 2.50. The number of aliphatic hydroxyl groups is 1. The number of ketones is 1. The van der Waals surface area contributed by atoms with Gasteiger partial charge in [-0.2, -0.15) is 0 Å². The number of nitrogens with zero attached hydrogens (tertiary/aromatic N) is 1. The molecule has 1 aromatic carbocycles. The van der Waals surface area contributed by atoms with Crippen LogP contribution in [0.3, 0.4) is 0 Å². The van der Waals surface area contributed by atoms with Crippen LogP contribution in [0.4, 0.5) is 0 Å². The van der Waals surface area contributed by atoms with Crippen LogP contribution >= 0.6 is 35.3 Å². The van der Waals surface area contributed by atoms with Gasteiger partial charge in [-0.1, -0.05) is 65.0 Å². The zero-order valence-electron chi connectivity index (χ0n) is 32.1. The fraction of sp³-hybridized carbons (Fsp3) is 0.767. The first kappa shape index (κ1) is 38.3. The van der Waals surface area contributed by atoms with Crippen molar-refractivity contribution in [3.8, 4) is 0 Å². The third-order valence-electron chi connectivity index (χ3n) is 16.0. The number of Topliss-reactive ketones (excluding diaryl/α,β-unsaturated/α-hetero) is 1. The number of ether oxygens (including phenoxy) is 1. The van der Waals surface area contributed by atoms with Gasteiger partial charge in [-0.15, -0.1) is 41.9 Å². The number of hydrogen-bond acceptors (Lipinski definition) is 7. The van der Waals surface area contributed by atoms with Gasteiger partial charge < -0.3 is 14.3 Å². The number of carbonyl (C=O) groups excluding carboxylic acids is 2. The van der Waals surface area contributed by atoms with Crippen LogP contribution in [0.25, 0.3) is 0 Å². The van der Waals surface area contributed by atoms with Gasteiger partial charge in [0.05, 0.1) is 31.0 Å². The van der Waals surface area contributed by atoms with E-state index in [0.717, 1.165) is 53.6 Å². The molecule has 12 atom stereocenters. The van der Waals surface area contributed by atoms with Crippen molar-refractivity contribution < 1.29 is 23.9 Å². The third-order valence-corrected chi connectivity index (χ3v) is 20.4. The maximum absolute atomic E-state index is 13.9. The number of quaternary nitrogens is 1. The molecular formula is C43H64NO4S3+. The first-order chi connectivity index (χ1) is 24.2. The second kappa shape index (κ2) is 14.6. The Hall–Kier alpha value is -0.930. The molecule has 3 saturated heterocycles. The van der Waals surface area contributed by atoms with Gasteiger partial charge in [-0.3, -0.25) is 9.59 Å². The molecule has 4 bridgehead atoms. The van der Waals surface area contributed by atoms with Crippen molar-refractivity contribution in [1.82, 2.24) is 0 Å². The van der Waals surface area contributed by atoms with E-state index in [9.17, 15) is 14.7 Å². The van der Waals surface area contributed by atoms with E-state index in [1.54, 1.807) is 11.8 Å². The van der Waals surface area contributed by atoms with Crippen molar-refractivity contribution in [2.45, 2.75) is 152 Å². The van der Waals surface area contributed by atoms with E-state index in [0.29, 0.717) is 41.7 Å². The quantitative estimate of drug-likeness (QED) is 0.145. The van der Waals surface area contributed by atoms with Crippen molar-refractivity contribution in [2.24, 2.45) is 34.0 Å². The Morgan fingerprint density at radius 2 is 1.82 bits per heavy atom. The fourth-order valence-electron chi connectivity index (χ4n) is 12.3. The van der Waals surface area contributed by atoms with Crippen LogP contribution in [-0.4, -0.2) is 79.3 Å². The minimum atomic E-state index is -0.636. The van der Waals surface area contributed by atoms with Gasteiger partial charge in [-0.05, 0) is 61.3 Å². The summed E-state index contributed by atoms with van der Waals surface area (Å²) in [5, 5.41) is 15.1. The lowest BCUT2D eigenvalue weighted by Crippen LogP contribution is -2.63. The summed E-state index contributed by atoms with van der Waals surface area (Å²) in [6.45, 7) is 16.4. The number of piperidine rings is 1. The summed E-state index contributed by atoms with van der Waals surface area (Å²) in [6, 6.07) is 10.7. The summed E-state index contributed by atoms with van der Waals surface area (Å²) >= 11 is 6.05. The topological polar surface area (TPSA) is 63.6 Å². The fourth-order valence-corrected chi connectivity index (χ4v) is 16.8. The van der Waals surface area contributed by atoms with Crippen molar-refractivity contribution >= 4 is 47.0 Å². The van der Waals surface area contributed by atoms with Gasteiger partial charge in [0, 0.05) is 75.3 Å². The van der Waals surface area contributed by atoms with Crippen LogP contribution in [-0.2, 0) is 27.3 Å². The lowest BCUT2D eigenvalue weighted by molar-refractivity contribution is -0.960. The molecule has 8 heteroatoms. The molecule has 3 aliphatic carbocycles. The minimum Gasteiger partial charge on any atom is -0.461 e. The Morgan fingerprint density at radius 1 is 1.10 bits per heavy atom. The van der Waals surface area contributed by atoms with Crippen LogP contribution in [0.2, 0.25) is 0 Å². The van der Waals surface area contributed by atoms with E-state index in [4.69, 9.17) is 4.74 Å². The number of aryl methyl sites for hydroxylation is 1. The molecule has 3 saturated carbocycles. The molecule has 1 aromatic rings. The van der Waals surface area contributed by atoms with Crippen LogP contribution in [0.15, 0.2) is 36.9 Å². The molecule has 51 heavy (non-hydrogen) atoms. The average molecular weight is 755 g/mol. The maximum Gasteiger partial charge on any atom is 0.316 e. The van der Waals surface area contributed by atoms with Gasteiger partial charge >= 0.3 is 5.97 Å². The molecule has 0 amide bonds. The molecule has 7 rings (SSSR count). The van der Waals surface area contributed by atoms with Gasteiger partial charge in [0.15, 0.2) is 0 Å². The zero-order chi connectivity index (χ0) is 36.3. The Morgan fingerprint density at radius 3 is 2.51 bits per heavy atom. The minimum absolute atomic E-state index is 0.0189. The molecule has 6 aliphatic rings. The van der Waals surface area contributed by atoms with E-state index in [1.165, 1.54) is 41.9 Å². The highest BCUT2D eigenvalue weighted by molar-refractivity contribution is 8.19. The Kier molecular flexibility index (Phi) is 11.0. The summed E-state index contributed by atoms with van der Waals surface area (Å²) < 4.78 is 7.72. The van der Waals surface area contributed by atoms with E-state index in [1.807, 2.05) is 6.08 Å². The normalized spacial score (nSPS) is 46.3. The van der Waals surface area contributed by atoms with Crippen LogP contribution in [0, 0.1) is 34.0 Å². The van der Waals surface area contributed by atoms with E-state index in [2.05, 4.69) is 96.0 Å². The molecule has 5 unspecified atom stereocenters. The Bertz CT molecular complexity index is 1470. The van der Waals surface area contributed by atoms with E-state index in [-0.39, 0.29) is 29.1 Å². The summed E-state index contributed by atoms with van der Waals surface area (Å²) in [5.41, 5.74) is 1.65. The number of rotatable bonds is 10. The Labute approximate surface area is 321 Å². The summed E-state index contributed by atoms with van der Waals surface area (Å²) in [6.07, 6.45) is 11.9. The van der Waals surface area contributed by atoms with Gasteiger partial charge in [-0.25, -0.2) is 0 Å². The number of thioether (sulfide) groups is 3. The molecule has 3 heterocycles. The molecule has 282 valence electrons. The molecule has 0 spiro atoms. The van der Waals surface area contributed by atoms with E-state index < -0.39 is 23.0 Å². The third kappa shape index (κ3) is 6.73. The molecule has 3 aliphatic heterocycles. The number of esters is 1. The van der Waals surface area contributed by atoms with Crippen LogP contribution in [0.1, 0.15) is 110 Å². The smallest absolute Gasteiger partial charge is 0.316 e. The van der Waals surface area contributed by atoms with Crippen molar-refractivity contribution in [3.63, 3.8) is 0 Å². The predicted molar refractivity (Wildman–Crippen MR) is 215 cm³/mol. The molecule has 1 N–H and O–H groups in total. The lowest BCUT2D eigenvalue weighted by Gasteiger charge is -2.61. The molecule has 0 aromatic heterocycles. The molecule has 0 radical (unpaired) electrons. The molecule has 6 fully saturated rings. The van der Waals surface area contributed by atoms with Crippen molar-refractivity contribution in [1.29, 1.82) is 0 Å². The first-order valence-corrected chi connectivity index (χ1v) is 23.2. The van der Waals surface area contributed by atoms with Crippen molar-refractivity contribution in [3.05, 3.63) is 48.0 Å². The second-order valence-electron chi connectivity index (χ2n) is 18.4. The standard InChI is InChI=1S/C43H64NO4S3/c1-8-41(5)23-37(42(6)27(2)16-18-43(28(3)40(41)47)19-17-35(45)39(42)43)48-38(46)25-49-34-21-32-13-14-33(22-34)44(32,7)24-31-11-9-10-30(20-31)12-15-36-29(4)50-26-51-36/h8-11,20,27-29,32-34,36-37,39-40,47H,1,12-19,21-26H2,2-7H3/q+1/t27?,28-,29?,32?,33?,34?,36-,37+,39-,40-,41+,42-,43?,44?/m0/s1. The molecule has 5 nitrogen and oxygen atoms in total. The highest BCUT2D eigenvalue weighted by atomic mass is 32.2. The molecular weight excluding hydrogens is 691 g/mol. The number of fused-ring (bicyclic) bond motifs is 2. The largest absolute Gasteiger partial charge is 0.461 e. The lowest BCUT2D eigenvalue weighted by atomic mass is 9.44. The van der Waals surface area contributed by atoms with Crippen LogP contribution < -0.4 is 0 Å². The highest BCUT2D eigenvalue weighted by Gasteiger charge is 2.68.